The number of aromatic nitrogens is 4. The highest BCUT2D eigenvalue weighted by molar-refractivity contribution is 7.00. The highest BCUT2D eigenvalue weighted by atomic mass is 32.1. The van der Waals surface area contributed by atoms with Crippen LogP contribution in [0.1, 0.15) is 40.7 Å². The van der Waals surface area contributed by atoms with Gasteiger partial charge in [0.1, 0.15) is 11.0 Å². The van der Waals surface area contributed by atoms with Gasteiger partial charge >= 0.3 is 0 Å². The Balaban J connectivity index is 1.56. The predicted octanol–water partition coefficient (Wildman–Crippen LogP) is 2.41. The highest BCUT2D eigenvalue weighted by Crippen LogP contribution is 2.15. The minimum Gasteiger partial charge on any atom is -0.352 e. The Kier molecular flexibility index (Phi) is 4.89. The molecule has 0 aliphatic carbocycles. The molecule has 8 heteroatoms. The molecular formula is C17H19N5O2S. The monoisotopic (exact) mass is 357 g/mol. The number of aryl methyl sites for hydroxylation is 2. The molecule has 0 aliphatic heterocycles. The molecule has 0 fully saturated rings. The van der Waals surface area contributed by atoms with Gasteiger partial charge in [0.15, 0.2) is 5.78 Å². The second-order valence-electron chi connectivity index (χ2n) is 5.94. The van der Waals surface area contributed by atoms with E-state index in [1.807, 2.05) is 32.0 Å². The maximum absolute atomic E-state index is 12.1. The van der Waals surface area contributed by atoms with Crippen LogP contribution in [0.5, 0.6) is 0 Å². The van der Waals surface area contributed by atoms with Gasteiger partial charge in [0, 0.05) is 25.2 Å². The van der Waals surface area contributed by atoms with Gasteiger partial charge in [-0.2, -0.15) is 13.8 Å². The summed E-state index contributed by atoms with van der Waals surface area (Å²) < 4.78 is 10.1. The van der Waals surface area contributed by atoms with Crippen LogP contribution < -0.4 is 5.32 Å². The quantitative estimate of drug-likeness (QED) is 0.684. The Hall–Kier alpha value is -2.61. The zero-order valence-corrected chi connectivity index (χ0v) is 15.2. The van der Waals surface area contributed by atoms with Crippen LogP contribution in [-0.4, -0.2) is 30.2 Å². The molecule has 7 nitrogen and oxygen atoms in total. The third-order valence-corrected chi connectivity index (χ3v) is 4.65. The first kappa shape index (κ1) is 17.2. The molecule has 0 radical (unpaired) electrons. The maximum atomic E-state index is 12.1. The van der Waals surface area contributed by atoms with Gasteiger partial charge in [-0.3, -0.25) is 14.3 Å². The van der Waals surface area contributed by atoms with Gasteiger partial charge in [-0.05, 0) is 38.5 Å². The summed E-state index contributed by atoms with van der Waals surface area (Å²) in [7, 11) is 0. The van der Waals surface area contributed by atoms with Crippen LogP contribution in [0, 0.1) is 13.8 Å². The van der Waals surface area contributed by atoms with E-state index in [9.17, 15) is 9.59 Å². The molecule has 0 bridgehead atoms. The summed E-state index contributed by atoms with van der Waals surface area (Å²) in [6.07, 6.45) is 0.305. The van der Waals surface area contributed by atoms with Crippen LogP contribution in [0.15, 0.2) is 18.2 Å². The van der Waals surface area contributed by atoms with Crippen molar-refractivity contribution in [1.82, 2.24) is 23.8 Å². The summed E-state index contributed by atoms with van der Waals surface area (Å²) in [5.41, 5.74) is 4.85. The maximum Gasteiger partial charge on any atom is 0.222 e. The summed E-state index contributed by atoms with van der Waals surface area (Å²) in [6, 6.07) is 5.77. The molecule has 1 N–H and O–H groups in total. The summed E-state index contributed by atoms with van der Waals surface area (Å²) in [4.78, 5) is 23.7. The van der Waals surface area contributed by atoms with E-state index in [4.69, 9.17) is 0 Å². The van der Waals surface area contributed by atoms with Crippen LogP contribution in [0.2, 0.25) is 0 Å². The van der Waals surface area contributed by atoms with E-state index in [0.29, 0.717) is 30.8 Å². The zero-order valence-electron chi connectivity index (χ0n) is 14.4. The van der Waals surface area contributed by atoms with Crippen molar-refractivity contribution in [2.24, 2.45) is 0 Å². The molecule has 3 aromatic rings. The molecule has 3 rings (SSSR count). The van der Waals surface area contributed by atoms with Crippen molar-refractivity contribution >= 4 is 34.5 Å². The molecule has 1 amide bonds. The van der Waals surface area contributed by atoms with E-state index in [2.05, 4.69) is 19.2 Å². The average molecular weight is 357 g/mol. The fraction of sp³-hybridized carbons (Fsp3) is 0.353. The smallest absolute Gasteiger partial charge is 0.222 e. The number of carbonyl (C=O) groups is 2. The third-order valence-electron chi connectivity index (χ3n) is 4.09. The number of benzene rings is 1. The van der Waals surface area contributed by atoms with E-state index in [-0.39, 0.29) is 11.7 Å². The molecule has 1 aromatic carbocycles. The van der Waals surface area contributed by atoms with Crippen molar-refractivity contribution in [2.75, 3.05) is 0 Å². The van der Waals surface area contributed by atoms with Crippen molar-refractivity contribution in [3.63, 3.8) is 0 Å². The Morgan fingerprint density at radius 3 is 2.68 bits per heavy atom. The Morgan fingerprint density at radius 1 is 1.20 bits per heavy atom. The van der Waals surface area contributed by atoms with E-state index in [1.165, 1.54) is 18.7 Å². The van der Waals surface area contributed by atoms with Gasteiger partial charge in [-0.25, -0.2) is 0 Å². The number of rotatable bonds is 6. The normalized spacial score (nSPS) is 11.0. The summed E-state index contributed by atoms with van der Waals surface area (Å²) >= 11 is 1.18. The number of carbonyl (C=O) groups excluding carboxylic acids is 2. The third kappa shape index (κ3) is 3.74. The Morgan fingerprint density at radius 2 is 1.96 bits per heavy atom. The first-order valence-electron chi connectivity index (χ1n) is 7.98. The van der Waals surface area contributed by atoms with Crippen molar-refractivity contribution in [3.05, 3.63) is 40.7 Å². The first-order valence-corrected chi connectivity index (χ1v) is 8.71. The van der Waals surface area contributed by atoms with Crippen molar-refractivity contribution in [1.29, 1.82) is 0 Å². The molecule has 0 unspecified atom stereocenters. The van der Waals surface area contributed by atoms with Crippen LogP contribution in [0.3, 0.4) is 0 Å². The van der Waals surface area contributed by atoms with E-state index < -0.39 is 0 Å². The van der Waals surface area contributed by atoms with Crippen molar-refractivity contribution in [3.8, 4) is 0 Å². The largest absolute Gasteiger partial charge is 0.352 e. The van der Waals surface area contributed by atoms with Gasteiger partial charge in [0.2, 0.25) is 5.91 Å². The standard InChI is InChI=1S/C17H19N5O2S/c1-10-17(12(3)23)11(2)22(19-10)7-6-16(24)18-9-13-4-5-14-15(8-13)21-25-20-14/h4-5,8H,6-7,9H2,1-3H3,(H,18,24). The van der Waals surface area contributed by atoms with Crippen LogP contribution in [-0.2, 0) is 17.9 Å². The topological polar surface area (TPSA) is 89.8 Å². The zero-order chi connectivity index (χ0) is 18.0. The van der Waals surface area contributed by atoms with Gasteiger partial charge < -0.3 is 5.32 Å². The number of Topliss-reactive ketones (excluding diaryl/α,β-unsaturated/α-hetero) is 1. The molecular weight excluding hydrogens is 338 g/mol. The van der Waals surface area contributed by atoms with Crippen LogP contribution >= 0.6 is 11.7 Å². The van der Waals surface area contributed by atoms with Gasteiger partial charge in [0.25, 0.3) is 0 Å². The van der Waals surface area contributed by atoms with Crippen molar-refractivity contribution in [2.45, 2.75) is 40.3 Å². The summed E-state index contributed by atoms with van der Waals surface area (Å²) in [6.45, 7) is 6.08. The minimum atomic E-state index is -0.0616. The van der Waals surface area contributed by atoms with Gasteiger partial charge in [-0.15, -0.1) is 0 Å². The number of amides is 1. The number of hydrogen-bond donors (Lipinski definition) is 1. The van der Waals surface area contributed by atoms with E-state index >= 15 is 0 Å². The molecule has 0 saturated carbocycles. The lowest BCUT2D eigenvalue weighted by molar-refractivity contribution is -0.121. The van der Waals surface area contributed by atoms with Crippen molar-refractivity contribution < 1.29 is 9.59 Å². The molecule has 0 aliphatic rings. The predicted molar refractivity (Wildman–Crippen MR) is 95.6 cm³/mol. The second-order valence-corrected chi connectivity index (χ2v) is 6.47. The molecule has 2 heterocycles. The highest BCUT2D eigenvalue weighted by Gasteiger charge is 2.15. The van der Waals surface area contributed by atoms with Crippen LogP contribution in [0.25, 0.3) is 11.0 Å². The molecule has 2 aromatic heterocycles. The Bertz CT molecular complexity index is 944. The number of fused-ring (bicyclic) bond motifs is 1. The van der Waals surface area contributed by atoms with Gasteiger partial charge in [-0.1, -0.05) is 6.07 Å². The van der Waals surface area contributed by atoms with E-state index in [0.717, 1.165) is 22.3 Å². The Labute approximate surface area is 149 Å². The lowest BCUT2D eigenvalue weighted by Gasteiger charge is -2.07. The number of nitrogens with zero attached hydrogens (tertiary/aromatic N) is 4. The number of ketones is 1. The second kappa shape index (κ2) is 7.10. The van der Waals surface area contributed by atoms with Crippen LogP contribution in [0.4, 0.5) is 0 Å². The lowest BCUT2D eigenvalue weighted by Crippen LogP contribution is -2.24. The first-order chi connectivity index (χ1) is 12.0. The van der Waals surface area contributed by atoms with Gasteiger partial charge in [0.05, 0.1) is 23.0 Å². The average Bonchev–Trinajstić information content (AvgIpc) is 3.14. The fourth-order valence-electron chi connectivity index (χ4n) is 2.86. The number of hydrogen-bond acceptors (Lipinski definition) is 6. The SMILES string of the molecule is CC(=O)c1c(C)nn(CCC(=O)NCc2ccc3nsnc3c2)c1C. The fourth-order valence-corrected chi connectivity index (χ4v) is 3.38. The minimum absolute atomic E-state index is 0.00220. The lowest BCUT2D eigenvalue weighted by atomic mass is 10.1. The molecule has 0 spiro atoms. The molecule has 25 heavy (non-hydrogen) atoms. The molecule has 130 valence electrons. The number of nitrogens with one attached hydrogen (secondary N) is 1. The molecule has 0 saturated heterocycles. The summed E-state index contributed by atoms with van der Waals surface area (Å²) in [5, 5.41) is 7.25. The van der Waals surface area contributed by atoms with E-state index in [1.54, 1.807) is 4.68 Å². The molecule has 0 atom stereocenters. The summed E-state index contributed by atoms with van der Waals surface area (Å²) in [5.74, 6) is -0.0638.